The van der Waals surface area contributed by atoms with Gasteiger partial charge in [-0.25, -0.2) is 18.0 Å². The van der Waals surface area contributed by atoms with Gasteiger partial charge in [0.05, 0.1) is 22.3 Å². The van der Waals surface area contributed by atoms with Gasteiger partial charge in [-0.05, 0) is 43.0 Å². The number of aromatic amines is 1. The molecule has 2 aromatic heterocycles. The van der Waals surface area contributed by atoms with E-state index in [2.05, 4.69) is 14.9 Å². The first-order valence-electron chi connectivity index (χ1n) is 9.57. The fraction of sp³-hybridized carbons (Fsp3) is 0.350. The average molecular weight is 432 g/mol. The Morgan fingerprint density at radius 2 is 2.00 bits per heavy atom. The molecule has 0 atom stereocenters. The van der Waals surface area contributed by atoms with Crippen LogP contribution in [0.2, 0.25) is 0 Å². The number of fused-ring (bicyclic) bond motifs is 1. The normalized spacial score (nSPS) is 12.3. The lowest BCUT2D eigenvalue weighted by Crippen LogP contribution is -2.44. The summed E-state index contributed by atoms with van der Waals surface area (Å²) < 4.78 is 26.8. The standard InChI is InChI=1S/C20H25N5O4S/c1-5-6-7-10-30(28,29)23-25-19(26)16-11-15(18-8-9-21-24(18)4)14(13(2)3)12-17(16)22-20(25)27/h5-6,8-9,11-13,23H,7,10H2,1-4H3,(H,22,27). The number of nitrogens with one attached hydrogen (secondary N) is 2. The van der Waals surface area contributed by atoms with E-state index >= 15 is 0 Å². The van der Waals surface area contributed by atoms with Crippen LogP contribution < -0.4 is 16.1 Å². The van der Waals surface area contributed by atoms with Crippen molar-refractivity contribution in [2.75, 3.05) is 10.6 Å². The Morgan fingerprint density at radius 3 is 2.60 bits per heavy atom. The minimum atomic E-state index is -3.87. The van der Waals surface area contributed by atoms with Gasteiger partial charge in [-0.1, -0.05) is 26.0 Å². The van der Waals surface area contributed by atoms with Crippen LogP contribution in [0.25, 0.3) is 22.2 Å². The SMILES string of the molecule is CC=CCCS(=O)(=O)Nn1c(=O)[nH]c2cc(C(C)C)c(-c3ccnn3C)cc2c1=O. The smallest absolute Gasteiger partial charge is 0.305 e. The highest BCUT2D eigenvalue weighted by Gasteiger charge is 2.18. The van der Waals surface area contributed by atoms with E-state index in [1.54, 1.807) is 49.1 Å². The summed E-state index contributed by atoms with van der Waals surface area (Å²) in [6.45, 7) is 5.81. The molecule has 9 nitrogen and oxygen atoms in total. The Labute approximate surface area is 174 Å². The van der Waals surface area contributed by atoms with Crippen molar-refractivity contribution in [2.24, 2.45) is 7.05 Å². The Kier molecular flexibility index (Phi) is 5.97. The molecular weight excluding hydrogens is 406 g/mol. The van der Waals surface area contributed by atoms with Crippen LogP contribution in [0.5, 0.6) is 0 Å². The summed E-state index contributed by atoms with van der Waals surface area (Å²) in [5.74, 6) is -0.122. The monoisotopic (exact) mass is 431 g/mol. The second-order valence-electron chi connectivity index (χ2n) is 7.32. The summed E-state index contributed by atoms with van der Waals surface area (Å²) in [5, 5.41) is 4.39. The van der Waals surface area contributed by atoms with Crippen molar-refractivity contribution in [3.63, 3.8) is 0 Å². The van der Waals surface area contributed by atoms with Crippen LogP contribution in [0.4, 0.5) is 0 Å². The molecule has 0 aliphatic heterocycles. The number of benzene rings is 1. The predicted molar refractivity (Wildman–Crippen MR) is 118 cm³/mol. The summed E-state index contributed by atoms with van der Waals surface area (Å²) in [4.78, 5) is 30.2. The lowest BCUT2D eigenvalue weighted by molar-refractivity contribution is 0.592. The molecule has 0 aliphatic carbocycles. The van der Waals surface area contributed by atoms with Gasteiger partial charge < -0.3 is 4.98 Å². The van der Waals surface area contributed by atoms with Gasteiger partial charge in [0, 0.05) is 18.8 Å². The highest BCUT2D eigenvalue weighted by molar-refractivity contribution is 7.92. The molecule has 0 aliphatic rings. The van der Waals surface area contributed by atoms with Crippen LogP contribution in [-0.2, 0) is 17.1 Å². The van der Waals surface area contributed by atoms with E-state index in [1.807, 2.05) is 19.9 Å². The van der Waals surface area contributed by atoms with Gasteiger partial charge in [0.15, 0.2) is 0 Å². The van der Waals surface area contributed by atoms with Crippen LogP contribution in [0.3, 0.4) is 0 Å². The molecule has 0 unspecified atom stereocenters. The molecule has 0 amide bonds. The van der Waals surface area contributed by atoms with Gasteiger partial charge in [0.25, 0.3) is 5.56 Å². The topological polar surface area (TPSA) is 119 Å². The van der Waals surface area contributed by atoms with Crippen molar-refractivity contribution < 1.29 is 8.42 Å². The maximum Gasteiger partial charge on any atom is 0.348 e. The molecule has 0 fully saturated rings. The van der Waals surface area contributed by atoms with Crippen LogP contribution in [-0.4, -0.2) is 33.6 Å². The van der Waals surface area contributed by atoms with Gasteiger partial charge in [-0.2, -0.15) is 9.77 Å². The van der Waals surface area contributed by atoms with E-state index in [4.69, 9.17) is 0 Å². The number of allylic oxidation sites excluding steroid dienone is 2. The Morgan fingerprint density at radius 1 is 1.27 bits per heavy atom. The van der Waals surface area contributed by atoms with Gasteiger partial charge in [0.2, 0.25) is 10.0 Å². The maximum absolute atomic E-state index is 13.0. The fourth-order valence-electron chi connectivity index (χ4n) is 3.28. The summed E-state index contributed by atoms with van der Waals surface area (Å²) in [5.41, 5.74) is 1.32. The highest BCUT2D eigenvalue weighted by Crippen LogP contribution is 2.31. The number of H-pyrrole nitrogens is 1. The number of rotatable bonds is 7. The molecule has 160 valence electrons. The van der Waals surface area contributed by atoms with E-state index < -0.39 is 21.3 Å². The minimum absolute atomic E-state index is 0.121. The third kappa shape index (κ3) is 4.23. The number of hydrogen-bond acceptors (Lipinski definition) is 5. The molecule has 0 radical (unpaired) electrons. The lowest BCUT2D eigenvalue weighted by atomic mass is 9.93. The second kappa shape index (κ2) is 8.31. The Hall–Kier alpha value is -3.14. The third-order valence-corrected chi connectivity index (χ3v) is 6.04. The van der Waals surface area contributed by atoms with Crippen molar-refractivity contribution in [3.05, 3.63) is 62.9 Å². The molecule has 0 spiro atoms. The van der Waals surface area contributed by atoms with Crippen molar-refractivity contribution >= 4 is 20.9 Å². The molecule has 0 bridgehead atoms. The van der Waals surface area contributed by atoms with E-state index in [9.17, 15) is 18.0 Å². The molecule has 10 heteroatoms. The zero-order valence-electron chi connectivity index (χ0n) is 17.3. The van der Waals surface area contributed by atoms with Crippen LogP contribution in [0.1, 0.15) is 38.7 Å². The summed E-state index contributed by atoms with van der Waals surface area (Å²) in [6, 6.07) is 5.27. The number of sulfonamides is 1. The van der Waals surface area contributed by atoms with Gasteiger partial charge in [-0.3, -0.25) is 9.48 Å². The Bertz CT molecular complexity index is 1330. The van der Waals surface area contributed by atoms with Crippen LogP contribution >= 0.6 is 0 Å². The average Bonchev–Trinajstić information content (AvgIpc) is 3.10. The molecule has 3 rings (SSSR count). The van der Waals surface area contributed by atoms with Crippen LogP contribution in [0.15, 0.2) is 46.1 Å². The molecule has 30 heavy (non-hydrogen) atoms. The van der Waals surface area contributed by atoms with Crippen molar-refractivity contribution in [1.29, 1.82) is 0 Å². The molecule has 2 heterocycles. The van der Waals surface area contributed by atoms with E-state index in [0.717, 1.165) is 16.8 Å². The summed E-state index contributed by atoms with van der Waals surface area (Å²) in [6.07, 6.45) is 5.36. The van der Waals surface area contributed by atoms with Crippen molar-refractivity contribution in [2.45, 2.75) is 33.1 Å². The minimum Gasteiger partial charge on any atom is -0.305 e. The molecule has 2 N–H and O–H groups in total. The number of hydrogen-bond donors (Lipinski definition) is 2. The van der Waals surface area contributed by atoms with E-state index in [1.165, 1.54) is 0 Å². The van der Waals surface area contributed by atoms with Crippen LogP contribution in [0, 0.1) is 0 Å². The molecule has 0 saturated heterocycles. The zero-order chi connectivity index (χ0) is 22.1. The number of aromatic nitrogens is 4. The first kappa shape index (κ1) is 21.6. The van der Waals surface area contributed by atoms with E-state index in [-0.39, 0.29) is 23.5 Å². The number of nitrogens with zero attached hydrogens (tertiary/aromatic N) is 3. The van der Waals surface area contributed by atoms with Gasteiger partial charge in [-0.15, -0.1) is 0 Å². The largest absolute Gasteiger partial charge is 0.348 e. The molecule has 0 saturated carbocycles. The highest BCUT2D eigenvalue weighted by atomic mass is 32.2. The zero-order valence-corrected chi connectivity index (χ0v) is 18.2. The Balaban J connectivity index is 2.19. The summed E-state index contributed by atoms with van der Waals surface area (Å²) >= 11 is 0. The van der Waals surface area contributed by atoms with Gasteiger partial charge in [0.1, 0.15) is 0 Å². The third-order valence-electron chi connectivity index (χ3n) is 4.81. The predicted octanol–water partition coefficient (Wildman–Crippen LogP) is 2.05. The molecule has 1 aromatic carbocycles. The quantitative estimate of drug-likeness (QED) is 0.555. The molecule has 3 aromatic rings. The first-order valence-corrected chi connectivity index (χ1v) is 11.2. The van der Waals surface area contributed by atoms with Crippen molar-refractivity contribution in [1.82, 2.24) is 19.4 Å². The van der Waals surface area contributed by atoms with Crippen molar-refractivity contribution in [3.8, 4) is 11.3 Å². The van der Waals surface area contributed by atoms with Gasteiger partial charge >= 0.3 is 5.69 Å². The molecular formula is C20H25N5O4S. The fourth-order valence-corrected chi connectivity index (χ4v) is 4.26. The lowest BCUT2D eigenvalue weighted by Gasteiger charge is -2.15. The number of aryl methyl sites for hydroxylation is 1. The first-order chi connectivity index (χ1) is 14.1. The maximum atomic E-state index is 13.0. The summed E-state index contributed by atoms with van der Waals surface area (Å²) in [7, 11) is -2.08. The second-order valence-corrected chi connectivity index (χ2v) is 9.14. The van der Waals surface area contributed by atoms with E-state index in [0.29, 0.717) is 10.2 Å².